The summed E-state index contributed by atoms with van der Waals surface area (Å²) in [6.45, 7) is 9.57. The molecule has 0 bridgehead atoms. The number of carbonyl (C=O) groups excluding carboxylic acids is 4. The van der Waals surface area contributed by atoms with Crippen LogP contribution in [0.4, 0.5) is 77.8 Å². The van der Waals surface area contributed by atoms with Crippen LogP contribution in [0.15, 0.2) is 201 Å². The number of aromatic nitrogens is 4. The molecule has 2 aliphatic carbocycles. The van der Waals surface area contributed by atoms with Crippen LogP contribution < -0.4 is 61.3 Å². The first-order valence-electron chi connectivity index (χ1n) is 48.4. The molecule has 8 aliphatic rings. The average molecular weight is 2110 g/mol. The van der Waals surface area contributed by atoms with E-state index in [1.54, 1.807) is 70.6 Å². The van der Waals surface area contributed by atoms with E-state index in [1.807, 2.05) is 113 Å². The van der Waals surface area contributed by atoms with Crippen LogP contribution in [0.5, 0.6) is 17.2 Å². The van der Waals surface area contributed by atoms with E-state index in [9.17, 15) is 56.1 Å². The Kier molecular flexibility index (Phi) is 30.0. The fraction of sp³-hybridized carbons (Fsp3) is 0.303. The number of carbonyl (C=O) groups is 4. The number of alkyl halides is 3. The Labute approximate surface area is 872 Å². The number of pyridine rings is 4. The summed E-state index contributed by atoms with van der Waals surface area (Å²) in [5, 5.41) is 52.4. The Balaban J connectivity index is 0.000000123. The lowest BCUT2D eigenvalue weighted by Gasteiger charge is -2.40. The fourth-order valence-electron chi connectivity index (χ4n) is 21.1. The summed E-state index contributed by atoms with van der Waals surface area (Å²) in [6, 6.07) is 52.4. The van der Waals surface area contributed by atoms with Crippen molar-refractivity contribution in [3.05, 3.63) is 264 Å². The Morgan fingerprint density at radius 1 is 0.377 bits per heavy atom. The summed E-state index contributed by atoms with van der Waals surface area (Å²) in [4.78, 5) is 86.7. The first-order valence-corrected chi connectivity index (χ1v) is 52.7. The lowest BCUT2D eigenvalue weighted by atomic mass is 9.84. The number of anilines is 8. The smallest absolute Gasteiger partial charge is 0.418 e. The zero-order valence-corrected chi connectivity index (χ0v) is 85.9. The van der Waals surface area contributed by atoms with Crippen LogP contribution in [0.2, 0.25) is 30.1 Å². The van der Waals surface area contributed by atoms with Crippen molar-refractivity contribution in [1.29, 1.82) is 0 Å². The van der Waals surface area contributed by atoms with Crippen molar-refractivity contribution in [3.8, 4) is 61.8 Å². The third kappa shape index (κ3) is 21.8. The molecular formula is C109H107Cl6F3N18O9S. The highest BCUT2D eigenvalue weighted by atomic mass is 35.5. The summed E-state index contributed by atoms with van der Waals surface area (Å²) in [7, 11) is 5.40. The van der Waals surface area contributed by atoms with Gasteiger partial charge in [-0.25, -0.2) is 27.6 Å². The molecule has 9 N–H and O–H groups in total. The van der Waals surface area contributed by atoms with Crippen LogP contribution in [0.3, 0.4) is 0 Å². The van der Waals surface area contributed by atoms with E-state index < -0.39 is 27.6 Å². The lowest BCUT2D eigenvalue weighted by molar-refractivity contribution is -0.137. The monoisotopic (exact) mass is 2110 g/mol. The molecule has 4 fully saturated rings. The molecule has 756 valence electrons. The topological polar surface area (TPSA) is 313 Å². The molecular weight excluding hydrogens is 2010 g/mol. The van der Waals surface area contributed by atoms with Gasteiger partial charge in [-0.1, -0.05) is 118 Å². The van der Waals surface area contributed by atoms with Gasteiger partial charge in [-0.3, -0.25) is 39.5 Å². The van der Waals surface area contributed by atoms with E-state index in [0.717, 1.165) is 213 Å². The maximum absolute atomic E-state index is 14.3. The summed E-state index contributed by atoms with van der Waals surface area (Å²) >= 11 is 37.0. The molecule has 2 saturated carbocycles. The van der Waals surface area contributed by atoms with Crippen LogP contribution >= 0.6 is 69.6 Å². The van der Waals surface area contributed by atoms with Crippen molar-refractivity contribution in [3.63, 3.8) is 0 Å². The number of sulfone groups is 1. The quantitative estimate of drug-likeness (QED) is 0.0434. The van der Waals surface area contributed by atoms with Crippen molar-refractivity contribution >= 4 is 193 Å². The summed E-state index contributed by atoms with van der Waals surface area (Å²) < 4.78 is 66.2. The third-order valence-electron chi connectivity index (χ3n) is 28.1. The van der Waals surface area contributed by atoms with E-state index in [0.29, 0.717) is 90.9 Å². The molecule has 0 spiro atoms. The number of nitrogens with one attached hydrogen (secondary N) is 6. The van der Waals surface area contributed by atoms with Crippen molar-refractivity contribution in [2.45, 2.75) is 102 Å². The van der Waals surface area contributed by atoms with Gasteiger partial charge in [-0.15, -0.1) is 0 Å². The standard InChI is InChI=1S/C28H22Cl2F3N5O2.C28H34N4O3S.C27H23Cl2N5O2.C26H28Cl2N4O2/c29-21-10-16(11-22(30)26(21)39)15-1-3-23-19(9-15)25-17(13-35-23)14-36-27(40)38(25)18-2-4-24(20(12-18)28(31,32)33)37-7-5-34-6-8-37;1-31(2)17-19-6-11-24(12-7-19)32-27-23(16-30-28(32)33)15-29-26-13-10-22(14-25(26)27)21-8-4-20(5-9-21)18-36(3,34)35;28-22-12-17(13-23(29)26(22)35)16-1-6-24-21(11-16)25-18(14-31-24)15-32-27(36)34(25)20-4-2-19(3-5-20)33-9-7-30-8-10-33;1-31(2)14-15-3-6-19(7-4-15)32-24-18(13-30-26(32)34)12-29-23-8-5-16(9-20(23)24)17-10-21(27)25(33)22(28)11-17/h1-4,9-13,34,39H,5-8,14H2,(H,36,40);4-5,8-10,13-15,19,24H,6-7,11-12,16-18H2,1-3H3,(H,30,33);1-6,11-14,30,35H,7-10,15H2,(H,32,36);5,8-12,15,19,33H,3-4,6-7,13-14H2,1-2H3,(H,30,34). The normalized spacial score (nSPS) is 18.0. The first kappa shape index (κ1) is 102. The summed E-state index contributed by atoms with van der Waals surface area (Å²) in [6.07, 6.45) is 12.2. The minimum absolute atomic E-state index is 0.0263. The molecule has 27 nitrogen and oxygen atoms in total. The molecule has 0 radical (unpaired) electrons. The molecule has 4 aromatic heterocycles. The molecule has 0 unspecified atom stereocenters. The number of amides is 8. The van der Waals surface area contributed by atoms with Gasteiger partial charge in [0.1, 0.15) is 0 Å². The number of aromatic hydroxyl groups is 3. The second-order valence-electron chi connectivity index (χ2n) is 38.7. The second kappa shape index (κ2) is 43.0. The Morgan fingerprint density at radius 3 is 1.05 bits per heavy atom. The third-order valence-corrected chi connectivity index (χ3v) is 30.7. The first-order chi connectivity index (χ1) is 70.1. The zero-order chi connectivity index (χ0) is 102. The number of phenols is 3. The van der Waals surface area contributed by atoms with Gasteiger partial charge in [-0.2, -0.15) is 13.2 Å². The summed E-state index contributed by atoms with van der Waals surface area (Å²) in [5.74, 6) is 0.870. The van der Waals surface area contributed by atoms with Crippen LogP contribution in [0, 0.1) is 11.8 Å². The number of hydrogen-bond donors (Lipinski definition) is 9. The zero-order valence-electron chi connectivity index (χ0n) is 80.6. The van der Waals surface area contributed by atoms with E-state index in [1.165, 1.54) is 23.3 Å². The maximum Gasteiger partial charge on any atom is 0.418 e. The number of urea groups is 4. The van der Waals surface area contributed by atoms with Crippen LogP contribution in [-0.4, -0.2) is 190 Å². The molecule has 14 aromatic rings. The van der Waals surface area contributed by atoms with Gasteiger partial charge in [0.25, 0.3) is 0 Å². The predicted octanol–water partition coefficient (Wildman–Crippen LogP) is 23.0. The minimum Gasteiger partial charge on any atom is -0.505 e. The van der Waals surface area contributed by atoms with Crippen molar-refractivity contribution in [2.24, 2.45) is 11.8 Å². The predicted molar refractivity (Wildman–Crippen MR) is 577 cm³/mol. The highest BCUT2D eigenvalue weighted by molar-refractivity contribution is 7.89. The van der Waals surface area contributed by atoms with Gasteiger partial charge in [0.05, 0.1) is 97.6 Å². The van der Waals surface area contributed by atoms with E-state index in [4.69, 9.17) is 69.6 Å². The Bertz CT molecular complexity index is 7470. The highest BCUT2D eigenvalue weighted by Gasteiger charge is 2.41. The van der Waals surface area contributed by atoms with Crippen molar-refractivity contribution in [1.82, 2.24) is 61.6 Å². The fourth-order valence-corrected chi connectivity index (χ4v) is 23.4. The van der Waals surface area contributed by atoms with Crippen LogP contribution in [-0.2, 0) is 47.9 Å². The molecule has 146 heavy (non-hydrogen) atoms. The molecule has 10 aromatic carbocycles. The van der Waals surface area contributed by atoms with Crippen molar-refractivity contribution in [2.75, 3.05) is 129 Å². The molecule has 8 amide bonds. The highest BCUT2D eigenvalue weighted by Crippen LogP contribution is 2.50. The second-order valence-corrected chi connectivity index (χ2v) is 43.3. The van der Waals surface area contributed by atoms with E-state index in [-0.39, 0.29) is 101 Å². The molecule has 22 rings (SSSR count). The van der Waals surface area contributed by atoms with E-state index in [2.05, 4.69) is 113 Å². The number of hydrogen-bond acceptors (Lipinski definition) is 19. The SMILES string of the molecule is CN(C)CC1CCC(N2C(=O)NCc3cnc4ccc(-c5cc(Cl)c(O)c(Cl)c5)cc4c32)CC1.CN(C)CC1CCC(N2C(=O)NCc3cnc4ccc(-c5ccc(CS(C)(=O)=O)cc5)cc4c32)CC1.O=C1NCc2cnc3ccc(-c4cc(Cl)c(O)c(Cl)c4)cc3c2N1c1ccc(N2CCNCC2)c(C(F)(F)F)c1.O=C1NCc2cnc3ccc(-c4cc(Cl)c(O)c(Cl)c4)cc3c2N1c1ccc(N2CCNCC2)cc1. The average Bonchev–Trinajstić information content (AvgIpc) is 0.575. The largest absolute Gasteiger partial charge is 0.505 e. The minimum atomic E-state index is -4.63. The molecule has 2 saturated heterocycles. The van der Waals surface area contributed by atoms with Crippen LogP contribution in [0.1, 0.15) is 84.7 Å². The summed E-state index contributed by atoms with van der Waals surface area (Å²) in [5.41, 5.74) is 18.5. The van der Waals surface area contributed by atoms with Gasteiger partial charge in [0, 0.05) is 190 Å². The van der Waals surface area contributed by atoms with Gasteiger partial charge in [0.15, 0.2) is 27.1 Å². The Hall–Kier alpha value is -12.8. The van der Waals surface area contributed by atoms with Crippen LogP contribution in [0.25, 0.3) is 88.1 Å². The molecule has 0 atom stereocenters. The number of fused-ring (bicyclic) bond motifs is 12. The van der Waals surface area contributed by atoms with E-state index >= 15 is 0 Å². The van der Waals surface area contributed by atoms with Gasteiger partial charge in [0.2, 0.25) is 0 Å². The molecule has 6 aliphatic heterocycles. The molecule has 37 heteroatoms. The number of halogens is 9. The Morgan fingerprint density at radius 2 is 0.692 bits per heavy atom. The van der Waals surface area contributed by atoms with Gasteiger partial charge >= 0.3 is 30.3 Å². The van der Waals surface area contributed by atoms with Gasteiger partial charge in [-0.05, 0) is 269 Å². The lowest BCUT2D eigenvalue weighted by Crippen LogP contribution is -2.51. The molecule has 10 heterocycles. The number of benzene rings is 10. The van der Waals surface area contributed by atoms with Crippen molar-refractivity contribution < 1.29 is 56.1 Å². The number of piperazine rings is 2. The van der Waals surface area contributed by atoms with Gasteiger partial charge < -0.3 is 66.8 Å². The maximum atomic E-state index is 14.3. The number of nitrogens with zero attached hydrogens (tertiary/aromatic N) is 12. The number of phenolic OH excluding ortho intramolecular Hbond substituents is 3. The number of rotatable bonds is 16.